The highest BCUT2D eigenvalue weighted by Gasteiger charge is 2.25. The van der Waals surface area contributed by atoms with Crippen LogP contribution in [0.1, 0.15) is 68.7 Å². The summed E-state index contributed by atoms with van der Waals surface area (Å²) in [6.45, 7) is 3.93. The minimum absolute atomic E-state index is 0.0243. The van der Waals surface area contributed by atoms with Crippen LogP contribution >= 0.6 is 0 Å². The zero-order valence-corrected chi connectivity index (χ0v) is 19.5. The summed E-state index contributed by atoms with van der Waals surface area (Å²) < 4.78 is 5.71. The zero-order valence-electron chi connectivity index (χ0n) is 19.5. The van der Waals surface area contributed by atoms with Crippen molar-refractivity contribution in [1.29, 1.82) is 0 Å². The van der Waals surface area contributed by atoms with Gasteiger partial charge < -0.3 is 14.9 Å². The number of aromatic hydroxyl groups is 1. The second kappa shape index (κ2) is 10.3. The first-order valence-electron chi connectivity index (χ1n) is 11.4. The molecule has 0 bridgehead atoms. The molecule has 176 valence electrons. The van der Waals surface area contributed by atoms with Crippen molar-refractivity contribution in [2.75, 3.05) is 0 Å². The van der Waals surface area contributed by atoms with E-state index in [1.54, 1.807) is 24.3 Å². The van der Waals surface area contributed by atoms with Gasteiger partial charge in [-0.05, 0) is 34.9 Å². The van der Waals surface area contributed by atoms with Crippen LogP contribution in [0, 0.1) is 0 Å². The number of benzene rings is 4. The van der Waals surface area contributed by atoms with E-state index in [4.69, 9.17) is 4.74 Å². The van der Waals surface area contributed by atoms with E-state index in [0.29, 0.717) is 5.56 Å². The number of rotatable bonds is 7. The van der Waals surface area contributed by atoms with E-state index >= 15 is 0 Å². The van der Waals surface area contributed by atoms with E-state index < -0.39 is 11.9 Å². The van der Waals surface area contributed by atoms with E-state index in [1.807, 2.05) is 74.5 Å². The predicted octanol–water partition coefficient (Wildman–Crippen LogP) is 6.61. The maximum absolute atomic E-state index is 13.3. The monoisotopic (exact) mass is 466 g/mol. The molecule has 0 aliphatic carbocycles. The highest BCUT2D eigenvalue weighted by atomic mass is 16.5. The van der Waals surface area contributed by atoms with E-state index in [2.05, 4.69) is 0 Å². The maximum atomic E-state index is 13.3. The van der Waals surface area contributed by atoms with Crippen LogP contribution in [0.15, 0.2) is 97.1 Å². The molecule has 35 heavy (non-hydrogen) atoms. The molecule has 0 aromatic heterocycles. The molecule has 4 aromatic rings. The third-order valence-electron chi connectivity index (χ3n) is 6.28. The quantitative estimate of drug-likeness (QED) is 0.236. The van der Waals surface area contributed by atoms with Crippen molar-refractivity contribution in [2.45, 2.75) is 25.7 Å². The minimum Gasteiger partial charge on any atom is -0.507 e. The number of ether oxygens (including phenoxy) is 1. The molecule has 0 fully saturated rings. The summed E-state index contributed by atoms with van der Waals surface area (Å²) in [6.07, 6.45) is 0. The van der Waals surface area contributed by atoms with Gasteiger partial charge in [-0.2, -0.15) is 0 Å². The van der Waals surface area contributed by atoms with Crippen LogP contribution in [0.2, 0.25) is 0 Å². The number of carboxylic acid groups (broad SMARTS) is 1. The third-order valence-corrected chi connectivity index (χ3v) is 6.28. The van der Waals surface area contributed by atoms with Crippen LogP contribution in [-0.2, 0) is 0 Å². The SMILES string of the molecule is CC(c1ccccc1)c1ccc(O)c(C(=O)Oc2c(C(=O)O)cccc2C(C)c2ccccc2)c1. The van der Waals surface area contributed by atoms with Crippen molar-refractivity contribution in [2.24, 2.45) is 0 Å². The van der Waals surface area contributed by atoms with Gasteiger partial charge in [-0.25, -0.2) is 9.59 Å². The summed E-state index contributed by atoms with van der Waals surface area (Å²) in [6, 6.07) is 29.0. The molecule has 2 N–H and O–H groups in total. The van der Waals surface area contributed by atoms with Gasteiger partial charge in [0.15, 0.2) is 0 Å². The number of carbonyl (C=O) groups is 2. The van der Waals surface area contributed by atoms with Gasteiger partial charge in [0.05, 0.1) is 0 Å². The lowest BCUT2D eigenvalue weighted by atomic mass is 9.91. The summed E-state index contributed by atoms with van der Waals surface area (Å²) in [4.78, 5) is 25.2. The molecular weight excluding hydrogens is 440 g/mol. The zero-order chi connectivity index (χ0) is 24.9. The van der Waals surface area contributed by atoms with Gasteiger partial charge in [0, 0.05) is 17.4 Å². The largest absolute Gasteiger partial charge is 0.507 e. The standard InChI is InChI=1S/C30H26O5/c1-19(21-10-5-3-6-11-21)23-16-17-27(31)26(18-23)30(34)35-28-24(14-9-15-25(28)29(32)33)20(2)22-12-7-4-8-13-22/h3-20,31H,1-2H3,(H,32,33). The summed E-state index contributed by atoms with van der Waals surface area (Å²) in [7, 11) is 0. The number of esters is 1. The van der Waals surface area contributed by atoms with Crippen molar-refractivity contribution >= 4 is 11.9 Å². The summed E-state index contributed by atoms with van der Waals surface area (Å²) in [5, 5.41) is 20.2. The fraction of sp³-hybridized carbons (Fsp3) is 0.133. The topological polar surface area (TPSA) is 83.8 Å². The van der Waals surface area contributed by atoms with Crippen LogP contribution < -0.4 is 4.74 Å². The number of hydrogen-bond donors (Lipinski definition) is 2. The first-order chi connectivity index (χ1) is 16.9. The van der Waals surface area contributed by atoms with Gasteiger partial charge in [-0.3, -0.25) is 0 Å². The molecule has 0 heterocycles. The normalized spacial score (nSPS) is 12.5. The third kappa shape index (κ3) is 5.09. The van der Waals surface area contributed by atoms with E-state index in [-0.39, 0.29) is 34.5 Å². The second-order valence-electron chi connectivity index (χ2n) is 8.46. The minimum atomic E-state index is -1.20. The average Bonchev–Trinajstić information content (AvgIpc) is 2.89. The molecule has 4 rings (SSSR count). The van der Waals surface area contributed by atoms with Crippen molar-refractivity contribution in [1.82, 2.24) is 0 Å². The Kier molecular flexibility index (Phi) is 6.97. The fourth-order valence-electron chi connectivity index (χ4n) is 4.17. The molecule has 0 spiro atoms. The number of carbonyl (C=O) groups excluding carboxylic acids is 1. The number of phenols is 1. The van der Waals surface area contributed by atoms with Crippen molar-refractivity contribution in [3.8, 4) is 11.5 Å². The first kappa shape index (κ1) is 23.8. The van der Waals surface area contributed by atoms with Crippen LogP contribution in [0.4, 0.5) is 0 Å². The molecule has 2 atom stereocenters. The second-order valence-corrected chi connectivity index (χ2v) is 8.46. The van der Waals surface area contributed by atoms with Gasteiger partial charge in [0.1, 0.15) is 22.6 Å². The Morgan fingerprint density at radius 1 is 0.686 bits per heavy atom. The molecule has 0 aliphatic rings. The lowest BCUT2D eigenvalue weighted by molar-refractivity contribution is 0.0680. The van der Waals surface area contributed by atoms with Gasteiger partial charge in [0.25, 0.3) is 0 Å². The molecule has 2 unspecified atom stereocenters. The Balaban J connectivity index is 1.72. The van der Waals surface area contributed by atoms with Crippen LogP contribution in [-0.4, -0.2) is 22.2 Å². The molecule has 0 aliphatic heterocycles. The number of hydrogen-bond acceptors (Lipinski definition) is 4. The lowest BCUT2D eigenvalue weighted by Crippen LogP contribution is -2.15. The van der Waals surface area contributed by atoms with Crippen LogP contribution in [0.3, 0.4) is 0 Å². The lowest BCUT2D eigenvalue weighted by Gasteiger charge is -2.19. The van der Waals surface area contributed by atoms with Crippen LogP contribution in [0.5, 0.6) is 11.5 Å². The first-order valence-corrected chi connectivity index (χ1v) is 11.4. The van der Waals surface area contributed by atoms with Crippen LogP contribution in [0.25, 0.3) is 0 Å². The van der Waals surface area contributed by atoms with E-state index in [0.717, 1.165) is 16.7 Å². The molecular formula is C30H26O5. The van der Waals surface area contributed by atoms with Crippen molar-refractivity contribution in [3.63, 3.8) is 0 Å². The van der Waals surface area contributed by atoms with Crippen molar-refractivity contribution in [3.05, 3.63) is 130 Å². The van der Waals surface area contributed by atoms with Gasteiger partial charge in [0.2, 0.25) is 0 Å². The maximum Gasteiger partial charge on any atom is 0.347 e. The van der Waals surface area contributed by atoms with E-state index in [1.165, 1.54) is 12.1 Å². The molecule has 0 radical (unpaired) electrons. The molecule has 0 amide bonds. The molecule has 0 saturated heterocycles. The Labute approximate surface area is 204 Å². The number of phenolic OH excluding ortho intramolecular Hbond substituents is 1. The molecule has 5 nitrogen and oxygen atoms in total. The Morgan fingerprint density at radius 3 is 1.89 bits per heavy atom. The number of para-hydroxylation sites is 1. The summed E-state index contributed by atoms with van der Waals surface area (Å²) >= 11 is 0. The van der Waals surface area contributed by atoms with E-state index in [9.17, 15) is 19.8 Å². The predicted molar refractivity (Wildman–Crippen MR) is 134 cm³/mol. The summed E-state index contributed by atoms with van der Waals surface area (Å²) in [5.74, 6) is -2.53. The fourth-order valence-corrected chi connectivity index (χ4v) is 4.17. The Hall–Kier alpha value is -4.38. The van der Waals surface area contributed by atoms with Crippen molar-refractivity contribution < 1.29 is 24.5 Å². The highest BCUT2D eigenvalue weighted by molar-refractivity contribution is 5.97. The smallest absolute Gasteiger partial charge is 0.347 e. The highest BCUT2D eigenvalue weighted by Crippen LogP contribution is 2.36. The van der Waals surface area contributed by atoms with Gasteiger partial charge in [-0.1, -0.05) is 92.7 Å². The van der Waals surface area contributed by atoms with Gasteiger partial charge in [-0.15, -0.1) is 0 Å². The molecule has 5 heteroatoms. The average molecular weight is 467 g/mol. The molecule has 4 aromatic carbocycles. The molecule has 0 saturated carbocycles. The summed E-state index contributed by atoms with van der Waals surface area (Å²) in [5.41, 5.74) is 3.26. The Morgan fingerprint density at radius 2 is 1.29 bits per heavy atom. The number of aromatic carboxylic acids is 1. The number of carboxylic acids is 1. The van der Waals surface area contributed by atoms with Gasteiger partial charge >= 0.3 is 11.9 Å². The Bertz CT molecular complexity index is 1350.